The zero-order chi connectivity index (χ0) is 24.3. The highest BCUT2D eigenvalue weighted by atomic mass is 32.2. The molecule has 2 aliphatic rings. The van der Waals surface area contributed by atoms with Crippen molar-refractivity contribution in [3.05, 3.63) is 65.2 Å². The van der Waals surface area contributed by atoms with Crippen molar-refractivity contribution in [1.82, 2.24) is 14.9 Å². The summed E-state index contributed by atoms with van der Waals surface area (Å²) >= 11 is 0. The highest BCUT2D eigenvalue weighted by Crippen LogP contribution is 2.26. The largest absolute Gasteiger partial charge is 0.352 e. The molecule has 182 valence electrons. The summed E-state index contributed by atoms with van der Waals surface area (Å²) in [7, 11) is -3.65. The van der Waals surface area contributed by atoms with Crippen LogP contribution in [0.15, 0.2) is 58.4 Å². The summed E-state index contributed by atoms with van der Waals surface area (Å²) in [5.41, 5.74) is 2.91. The van der Waals surface area contributed by atoms with Gasteiger partial charge in [-0.25, -0.2) is 8.42 Å². The van der Waals surface area contributed by atoms with E-state index in [2.05, 4.69) is 51.1 Å². The van der Waals surface area contributed by atoms with Gasteiger partial charge in [-0.15, -0.1) is 0 Å². The number of hydrogen-bond acceptors (Lipinski definition) is 5. The lowest BCUT2D eigenvalue weighted by molar-refractivity contribution is -0.123. The minimum atomic E-state index is -3.65. The van der Waals surface area contributed by atoms with Gasteiger partial charge in [0.25, 0.3) is 10.0 Å². The second kappa shape index (κ2) is 10.3. The minimum absolute atomic E-state index is 0.0469. The summed E-state index contributed by atoms with van der Waals surface area (Å²) in [6, 6.07) is 14.6. The Morgan fingerprint density at radius 2 is 1.79 bits per heavy atom. The predicted molar refractivity (Wildman–Crippen MR) is 134 cm³/mol. The van der Waals surface area contributed by atoms with Crippen LogP contribution in [0.5, 0.6) is 0 Å². The van der Waals surface area contributed by atoms with Gasteiger partial charge in [-0.2, -0.15) is 0 Å². The number of carbonyl (C=O) groups excluding carboxylic acids is 1. The Hall–Kier alpha value is -2.71. The third-order valence-corrected chi connectivity index (χ3v) is 8.29. The van der Waals surface area contributed by atoms with Gasteiger partial charge in [-0.3, -0.25) is 19.4 Å². The first-order chi connectivity index (χ1) is 16.3. The molecule has 1 amide bonds. The highest BCUT2D eigenvalue weighted by molar-refractivity contribution is 7.90. The molecule has 0 bridgehead atoms. The first-order valence-electron chi connectivity index (χ1n) is 12.1. The van der Waals surface area contributed by atoms with E-state index < -0.39 is 16.1 Å². The average Bonchev–Trinajstić information content (AvgIpc) is 3.45. The summed E-state index contributed by atoms with van der Waals surface area (Å²) in [5, 5.41) is 3.14. The predicted octanol–water partition coefficient (Wildman–Crippen LogP) is 3.40. The minimum Gasteiger partial charge on any atom is -0.352 e. The number of fused-ring (bicyclic) bond motifs is 1. The zero-order valence-corrected chi connectivity index (χ0v) is 20.9. The van der Waals surface area contributed by atoms with E-state index in [-0.39, 0.29) is 28.6 Å². The normalized spacial score (nSPS) is 21.0. The number of hydrogen-bond donors (Lipinski definition) is 2. The molecule has 8 heteroatoms. The molecule has 1 saturated heterocycles. The molecule has 0 aromatic heterocycles. The lowest BCUT2D eigenvalue weighted by Gasteiger charge is -2.29. The molecule has 2 aromatic carbocycles. The fourth-order valence-electron chi connectivity index (χ4n) is 4.64. The van der Waals surface area contributed by atoms with E-state index in [1.54, 1.807) is 24.3 Å². The molecule has 2 N–H and O–H groups in total. The van der Waals surface area contributed by atoms with Gasteiger partial charge < -0.3 is 5.32 Å². The van der Waals surface area contributed by atoms with Gasteiger partial charge in [0.05, 0.1) is 10.9 Å². The SMILES string of the molecule is CC[C@H](C)[C@H](N=C1NS(=O)(=O)c2ccccc21)C(=O)NCC(c1ccc(C)cc1)N1CCCC1. The number of nitrogens with zero attached hydrogens (tertiary/aromatic N) is 2. The summed E-state index contributed by atoms with van der Waals surface area (Å²) in [5.74, 6) is 0.0155. The molecular formula is C26H34N4O3S. The van der Waals surface area contributed by atoms with E-state index in [1.165, 1.54) is 24.0 Å². The van der Waals surface area contributed by atoms with Gasteiger partial charge in [-0.05, 0) is 56.5 Å². The molecule has 0 spiro atoms. The Labute approximate surface area is 202 Å². The molecular weight excluding hydrogens is 448 g/mol. The number of aliphatic imine (C=N–C) groups is 1. The third-order valence-electron chi connectivity index (χ3n) is 6.90. The molecule has 7 nitrogen and oxygen atoms in total. The Balaban J connectivity index is 1.56. The van der Waals surface area contributed by atoms with Crippen LogP contribution in [0.4, 0.5) is 0 Å². The molecule has 1 fully saturated rings. The standard InChI is InChI=1S/C26H34N4O3S/c1-4-19(3)24(28-25-21-9-5-6-10-23(21)34(32,33)29-25)26(31)27-17-22(30-15-7-8-16-30)20-13-11-18(2)12-14-20/h5-6,9-14,19,22,24H,4,7-8,15-17H2,1-3H3,(H,27,31)(H,28,29)/t19-,22?,24-/m0/s1. The van der Waals surface area contributed by atoms with Crippen molar-refractivity contribution in [1.29, 1.82) is 0 Å². The van der Waals surface area contributed by atoms with Crippen LogP contribution in [0.3, 0.4) is 0 Å². The van der Waals surface area contributed by atoms with E-state index in [0.29, 0.717) is 12.1 Å². The Bertz CT molecular complexity index is 1150. The van der Waals surface area contributed by atoms with Gasteiger partial charge in [0.2, 0.25) is 5.91 Å². The van der Waals surface area contributed by atoms with E-state index in [4.69, 9.17) is 0 Å². The van der Waals surface area contributed by atoms with Crippen LogP contribution in [0.2, 0.25) is 0 Å². The van der Waals surface area contributed by atoms with Crippen molar-refractivity contribution < 1.29 is 13.2 Å². The van der Waals surface area contributed by atoms with E-state index in [9.17, 15) is 13.2 Å². The number of nitrogens with one attached hydrogen (secondary N) is 2. The Morgan fingerprint density at radius 3 is 2.47 bits per heavy atom. The lowest BCUT2D eigenvalue weighted by Crippen LogP contribution is -2.43. The number of carbonyl (C=O) groups is 1. The van der Waals surface area contributed by atoms with Gasteiger partial charge >= 0.3 is 0 Å². The van der Waals surface area contributed by atoms with E-state index in [0.717, 1.165) is 19.5 Å². The molecule has 0 radical (unpaired) electrons. The van der Waals surface area contributed by atoms with Gasteiger partial charge in [0, 0.05) is 12.1 Å². The maximum absolute atomic E-state index is 13.4. The Morgan fingerprint density at radius 1 is 1.12 bits per heavy atom. The summed E-state index contributed by atoms with van der Waals surface area (Å²) in [6.07, 6.45) is 3.08. The van der Waals surface area contributed by atoms with E-state index >= 15 is 0 Å². The number of amidine groups is 1. The molecule has 2 aliphatic heterocycles. The summed E-state index contributed by atoms with van der Waals surface area (Å²) < 4.78 is 27.5. The average molecular weight is 483 g/mol. The van der Waals surface area contributed by atoms with Crippen LogP contribution in [-0.4, -0.2) is 50.7 Å². The molecule has 1 unspecified atom stereocenters. The maximum Gasteiger partial charge on any atom is 0.263 e. The van der Waals surface area contributed by atoms with Crippen LogP contribution in [0.25, 0.3) is 0 Å². The fourth-order valence-corrected chi connectivity index (χ4v) is 5.88. The van der Waals surface area contributed by atoms with Crippen LogP contribution in [0.1, 0.15) is 55.8 Å². The topological polar surface area (TPSA) is 90.9 Å². The highest BCUT2D eigenvalue weighted by Gasteiger charge is 2.33. The second-order valence-corrected chi connectivity index (χ2v) is 11.0. The molecule has 0 saturated carbocycles. The van der Waals surface area contributed by atoms with Crippen LogP contribution in [-0.2, 0) is 14.8 Å². The lowest BCUT2D eigenvalue weighted by atomic mass is 9.98. The van der Waals surface area contributed by atoms with Crippen molar-refractivity contribution in [2.75, 3.05) is 19.6 Å². The molecule has 3 atom stereocenters. The van der Waals surface area contributed by atoms with Crippen molar-refractivity contribution in [3.63, 3.8) is 0 Å². The third kappa shape index (κ3) is 5.18. The molecule has 2 heterocycles. The van der Waals surface area contributed by atoms with Crippen molar-refractivity contribution in [2.45, 2.75) is 57.0 Å². The number of sulfonamides is 1. The van der Waals surface area contributed by atoms with Crippen LogP contribution < -0.4 is 10.0 Å². The summed E-state index contributed by atoms with van der Waals surface area (Å²) in [6.45, 7) is 8.58. The second-order valence-electron chi connectivity index (χ2n) is 9.32. The monoisotopic (exact) mass is 482 g/mol. The summed E-state index contributed by atoms with van der Waals surface area (Å²) in [4.78, 5) is 20.7. The van der Waals surface area contributed by atoms with Crippen molar-refractivity contribution in [2.24, 2.45) is 10.9 Å². The first kappa shape index (κ1) is 24.4. The molecule has 34 heavy (non-hydrogen) atoms. The maximum atomic E-state index is 13.4. The number of aryl methyl sites for hydroxylation is 1. The number of rotatable bonds is 8. The van der Waals surface area contributed by atoms with Crippen LogP contribution >= 0.6 is 0 Å². The first-order valence-corrected chi connectivity index (χ1v) is 13.6. The number of amides is 1. The van der Waals surface area contributed by atoms with Gasteiger partial charge in [-0.1, -0.05) is 62.2 Å². The smallest absolute Gasteiger partial charge is 0.263 e. The molecule has 2 aromatic rings. The van der Waals surface area contributed by atoms with Crippen molar-refractivity contribution >= 4 is 21.8 Å². The Kier molecular flexibility index (Phi) is 7.38. The molecule has 0 aliphatic carbocycles. The fraction of sp³-hybridized carbons (Fsp3) is 0.462. The van der Waals surface area contributed by atoms with Crippen LogP contribution in [0, 0.1) is 12.8 Å². The quantitative estimate of drug-likeness (QED) is 0.603. The zero-order valence-electron chi connectivity index (χ0n) is 20.1. The number of benzene rings is 2. The number of likely N-dealkylation sites (tertiary alicyclic amines) is 1. The van der Waals surface area contributed by atoms with E-state index in [1.807, 2.05) is 13.8 Å². The molecule has 4 rings (SSSR count). The van der Waals surface area contributed by atoms with Gasteiger partial charge in [0.1, 0.15) is 11.9 Å². The van der Waals surface area contributed by atoms with Crippen molar-refractivity contribution in [3.8, 4) is 0 Å². The van der Waals surface area contributed by atoms with Gasteiger partial charge in [0.15, 0.2) is 0 Å².